The number of fused-ring (bicyclic) bond motifs is 1. The third-order valence-electron chi connectivity index (χ3n) is 4.32. The van der Waals surface area contributed by atoms with E-state index in [4.69, 9.17) is 9.15 Å². The summed E-state index contributed by atoms with van der Waals surface area (Å²) in [5.74, 6) is 0.0517. The zero-order valence-corrected chi connectivity index (χ0v) is 12.5. The van der Waals surface area contributed by atoms with Crippen LogP contribution in [0.4, 0.5) is 0 Å². The normalized spacial score (nSPS) is 23.7. The van der Waals surface area contributed by atoms with E-state index in [2.05, 4.69) is 30.2 Å². The minimum absolute atomic E-state index is 0.229. The number of ether oxygens (including phenoxy) is 1. The minimum atomic E-state index is -0.405. The highest BCUT2D eigenvalue weighted by Gasteiger charge is 2.34. The lowest BCUT2D eigenvalue weighted by molar-refractivity contribution is 0.0776. The molecule has 2 heterocycles. The van der Waals surface area contributed by atoms with E-state index in [1.807, 2.05) is 12.1 Å². The van der Waals surface area contributed by atoms with E-state index in [0.29, 0.717) is 17.6 Å². The molecule has 1 aliphatic rings. The Morgan fingerprint density at radius 2 is 2.29 bits per heavy atom. The number of hydrogen-bond donors (Lipinski definition) is 2. The Morgan fingerprint density at radius 3 is 3.05 bits per heavy atom. The van der Waals surface area contributed by atoms with Crippen LogP contribution in [0.25, 0.3) is 11.1 Å². The third kappa shape index (κ3) is 2.76. The van der Waals surface area contributed by atoms with Crippen LogP contribution < -0.4 is 11.1 Å². The van der Waals surface area contributed by atoms with Crippen LogP contribution in [-0.4, -0.2) is 24.2 Å². The number of oxazole rings is 1. The molecule has 21 heavy (non-hydrogen) atoms. The Labute approximate surface area is 123 Å². The molecule has 1 aromatic carbocycles. The van der Waals surface area contributed by atoms with Crippen LogP contribution in [0.1, 0.15) is 38.3 Å². The average molecular weight is 290 g/mol. The van der Waals surface area contributed by atoms with Crippen molar-refractivity contribution in [2.24, 2.45) is 5.92 Å². The van der Waals surface area contributed by atoms with Crippen molar-refractivity contribution in [2.45, 2.75) is 38.8 Å². The Bertz CT molecular complexity index is 661. The maximum atomic E-state index is 11.3. The van der Waals surface area contributed by atoms with Gasteiger partial charge in [0, 0.05) is 18.6 Å². The van der Waals surface area contributed by atoms with Gasteiger partial charge < -0.3 is 14.5 Å². The van der Waals surface area contributed by atoms with Crippen LogP contribution in [0.5, 0.6) is 0 Å². The van der Waals surface area contributed by atoms with Crippen LogP contribution in [0.2, 0.25) is 0 Å². The first-order chi connectivity index (χ1) is 10.2. The smallest absolute Gasteiger partial charge is 0.408 e. The summed E-state index contributed by atoms with van der Waals surface area (Å²) in [5.41, 5.74) is 2.52. The molecule has 114 valence electrons. The monoisotopic (exact) mass is 290 g/mol. The molecule has 0 bridgehead atoms. The molecule has 2 aromatic rings. The summed E-state index contributed by atoms with van der Waals surface area (Å²) in [5, 5.41) is 3.57. The molecule has 0 amide bonds. The van der Waals surface area contributed by atoms with E-state index >= 15 is 0 Å². The van der Waals surface area contributed by atoms with Gasteiger partial charge in [0.05, 0.1) is 11.6 Å². The largest absolute Gasteiger partial charge is 0.417 e. The van der Waals surface area contributed by atoms with E-state index in [-0.39, 0.29) is 6.04 Å². The Hall–Kier alpha value is -1.59. The summed E-state index contributed by atoms with van der Waals surface area (Å²) in [6, 6.07) is 6.17. The number of benzene rings is 1. The van der Waals surface area contributed by atoms with Gasteiger partial charge in [0.15, 0.2) is 5.58 Å². The van der Waals surface area contributed by atoms with Crippen LogP contribution in [0.3, 0.4) is 0 Å². The maximum absolute atomic E-state index is 11.3. The van der Waals surface area contributed by atoms with Gasteiger partial charge in [-0.1, -0.05) is 19.9 Å². The van der Waals surface area contributed by atoms with Gasteiger partial charge in [-0.25, -0.2) is 4.79 Å². The fourth-order valence-corrected chi connectivity index (χ4v) is 3.36. The molecule has 5 heteroatoms. The van der Waals surface area contributed by atoms with Crippen LogP contribution in [-0.2, 0) is 4.74 Å². The molecule has 0 saturated carbocycles. The summed E-state index contributed by atoms with van der Waals surface area (Å²) >= 11 is 0. The molecule has 0 spiro atoms. The second-order valence-corrected chi connectivity index (χ2v) is 5.58. The fourth-order valence-electron chi connectivity index (χ4n) is 3.36. The molecule has 3 unspecified atom stereocenters. The highest BCUT2D eigenvalue weighted by molar-refractivity contribution is 5.72. The quantitative estimate of drug-likeness (QED) is 0.888. The second-order valence-electron chi connectivity index (χ2n) is 5.58. The first-order valence-electron chi connectivity index (χ1n) is 7.70. The molecular weight excluding hydrogens is 268 g/mol. The van der Waals surface area contributed by atoms with Gasteiger partial charge in [0.25, 0.3) is 0 Å². The SMILES string of the molecule is CCNC(c1ccc2[nH]c(=O)oc2c1)C1CCOC1CC. The summed E-state index contributed by atoms with van der Waals surface area (Å²) in [6.45, 7) is 6.00. The molecule has 0 radical (unpaired) electrons. The number of nitrogens with one attached hydrogen (secondary N) is 2. The lowest BCUT2D eigenvalue weighted by Crippen LogP contribution is -2.32. The van der Waals surface area contributed by atoms with Crippen molar-refractivity contribution in [1.29, 1.82) is 0 Å². The van der Waals surface area contributed by atoms with Crippen LogP contribution in [0.15, 0.2) is 27.4 Å². The summed E-state index contributed by atoms with van der Waals surface area (Å²) in [6.07, 6.45) is 2.38. The maximum Gasteiger partial charge on any atom is 0.417 e. The molecule has 3 rings (SSSR count). The number of H-pyrrole nitrogens is 1. The summed E-state index contributed by atoms with van der Waals surface area (Å²) in [7, 11) is 0. The van der Waals surface area contributed by atoms with E-state index in [1.54, 1.807) is 0 Å². The summed E-state index contributed by atoms with van der Waals surface area (Å²) < 4.78 is 11.0. The van der Waals surface area contributed by atoms with Crippen molar-refractivity contribution >= 4 is 11.1 Å². The third-order valence-corrected chi connectivity index (χ3v) is 4.32. The van der Waals surface area contributed by atoms with Crippen molar-refractivity contribution < 1.29 is 9.15 Å². The van der Waals surface area contributed by atoms with E-state index < -0.39 is 5.76 Å². The Morgan fingerprint density at radius 1 is 1.43 bits per heavy atom. The Balaban J connectivity index is 1.96. The van der Waals surface area contributed by atoms with Gasteiger partial charge >= 0.3 is 5.76 Å². The highest BCUT2D eigenvalue weighted by Crippen LogP contribution is 2.35. The van der Waals surface area contributed by atoms with Gasteiger partial charge in [-0.3, -0.25) is 4.98 Å². The first-order valence-corrected chi connectivity index (χ1v) is 7.70. The second kappa shape index (κ2) is 6.03. The van der Waals surface area contributed by atoms with Gasteiger partial charge in [-0.05, 0) is 37.1 Å². The van der Waals surface area contributed by atoms with E-state index in [0.717, 1.165) is 37.1 Å². The Kier molecular flexibility index (Phi) is 4.12. The van der Waals surface area contributed by atoms with Crippen molar-refractivity contribution in [2.75, 3.05) is 13.2 Å². The van der Waals surface area contributed by atoms with E-state index in [9.17, 15) is 4.79 Å². The zero-order valence-electron chi connectivity index (χ0n) is 12.5. The lowest BCUT2D eigenvalue weighted by Gasteiger charge is -2.28. The predicted molar refractivity (Wildman–Crippen MR) is 81.4 cm³/mol. The number of hydrogen-bond acceptors (Lipinski definition) is 4. The average Bonchev–Trinajstić information content (AvgIpc) is 3.08. The minimum Gasteiger partial charge on any atom is -0.408 e. The molecule has 2 N–H and O–H groups in total. The van der Waals surface area contributed by atoms with Gasteiger partial charge in [0.1, 0.15) is 0 Å². The van der Waals surface area contributed by atoms with Crippen molar-refractivity contribution in [3.8, 4) is 0 Å². The van der Waals surface area contributed by atoms with E-state index in [1.165, 1.54) is 0 Å². The number of rotatable bonds is 5. The molecule has 1 fully saturated rings. The predicted octanol–water partition coefficient (Wildman–Crippen LogP) is 2.59. The molecule has 1 saturated heterocycles. The molecule has 1 aliphatic heterocycles. The molecule has 3 atom stereocenters. The summed E-state index contributed by atoms with van der Waals surface area (Å²) in [4.78, 5) is 14.0. The molecule has 5 nitrogen and oxygen atoms in total. The standard InChI is InChI=1S/C16H22N2O3/c1-3-13-11(7-8-20-13)15(17-4-2)10-5-6-12-14(9-10)21-16(19)18-12/h5-6,9,11,13,15,17H,3-4,7-8H2,1-2H3,(H,18,19). The lowest BCUT2D eigenvalue weighted by atomic mass is 9.86. The van der Waals surface area contributed by atoms with Crippen molar-refractivity contribution in [3.63, 3.8) is 0 Å². The van der Waals surface area contributed by atoms with Gasteiger partial charge in [-0.15, -0.1) is 0 Å². The van der Waals surface area contributed by atoms with Crippen molar-refractivity contribution in [1.82, 2.24) is 10.3 Å². The highest BCUT2D eigenvalue weighted by atomic mass is 16.5. The zero-order chi connectivity index (χ0) is 14.8. The molecular formula is C16H22N2O3. The molecule has 1 aromatic heterocycles. The fraction of sp³-hybridized carbons (Fsp3) is 0.562. The molecule has 0 aliphatic carbocycles. The van der Waals surface area contributed by atoms with Crippen molar-refractivity contribution in [3.05, 3.63) is 34.3 Å². The van der Waals surface area contributed by atoms with Crippen LogP contribution >= 0.6 is 0 Å². The van der Waals surface area contributed by atoms with Gasteiger partial charge in [0.2, 0.25) is 0 Å². The number of aromatic amines is 1. The number of aromatic nitrogens is 1. The first kappa shape index (κ1) is 14.4. The topological polar surface area (TPSA) is 67.3 Å². The van der Waals surface area contributed by atoms with Gasteiger partial charge in [-0.2, -0.15) is 0 Å². The van der Waals surface area contributed by atoms with Crippen LogP contribution in [0, 0.1) is 5.92 Å².